The van der Waals surface area contributed by atoms with Crippen molar-refractivity contribution in [2.75, 3.05) is 7.11 Å². The Morgan fingerprint density at radius 3 is 2.73 bits per heavy atom. The fourth-order valence-electron chi connectivity index (χ4n) is 1.19. The van der Waals surface area contributed by atoms with E-state index in [0.29, 0.717) is 6.29 Å². The molecular weight excluding hydrogens is 228 g/mol. The highest BCUT2D eigenvalue weighted by atomic mass is 35.5. The molecule has 0 aromatic carbocycles. The molecule has 0 spiro atoms. The van der Waals surface area contributed by atoms with E-state index in [-0.39, 0.29) is 22.9 Å². The van der Waals surface area contributed by atoms with Crippen LogP contribution in [0, 0.1) is 0 Å². The molecule has 0 saturated heterocycles. The van der Waals surface area contributed by atoms with Crippen LogP contribution in [0.1, 0.15) is 28.0 Å². The molecule has 1 heterocycles. The minimum Gasteiger partial charge on any atom is -0.495 e. The summed E-state index contributed by atoms with van der Waals surface area (Å²) < 4.78 is 30.0. The van der Waals surface area contributed by atoms with E-state index in [4.69, 9.17) is 16.3 Å². The van der Waals surface area contributed by atoms with Crippen LogP contribution in [0.4, 0.5) is 8.78 Å². The Kier molecular flexibility index (Phi) is 3.96. The molecule has 0 atom stereocenters. The summed E-state index contributed by atoms with van der Waals surface area (Å²) in [6.07, 6.45) is -1.36. The standard InChI is InChI=1S/C9H8ClF2NO2/c1-15-7-3-13-6(2-10)5(4-14)8(7)9(11)12/h3-4,9H,2H2,1H3. The maximum Gasteiger partial charge on any atom is 0.268 e. The first-order chi connectivity index (χ1) is 7.15. The van der Waals surface area contributed by atoms with Crippen molar-refractivity contribution in [3.8, 4) is 5.75 Å². The zero-order valence-corrected chi connectivity index (χ0v) is 8.59. The summed E-state index contributed by atoms with van der Waals surface area (Å²) in [5.41, 5.74) is -0.528. The quantitative estimate of drug-likeness (QED) is 0.595. The summed E-state index contributed by atoms with van der Waals surface area (Å²) >= 11 is 5.48. The molecule has 0 N–H and O–H groups in total. The van der Waals surface area contributed by atoms with Gasteiger partial charge in [0.1, 0.15) is 5.75 Å². The van der Waals surface area contributed by atoms with E-state index in [0.717, 1.165) is 6.20 Å². The number of carbonyl (C=O) groups excluding carboxylic acids is 1. The zero-order valence-electron chi connectivity index (χ0n) is 7.84. The average Bonchev–Trinajstić information content (AvgIpc) is 2.26. The van der Waals surface area contributed by atoms with Crippen molar-refractivity contribution in [1.82, 2.24) is 4.98 Å². The Morgan fingerprint density at radius 1 is 1.67 bits per heavy atom. The van der Waals surface area contributed by atoms with Crippen molar-refractivity contribution in [2.24, 2.45) is 0 Å². The van der Waals surface area contributed by atoms with E-state index in [2.05, 4.69) is 4.98 Å². The van der Waals surface area contributed by atoms with Gasteiger partial charge >= 0.3 is 0 Å². The summed E-state index contributed by atoms with van der Waals surface area (Å²) in [7, 11) is 1.23. The van der Waals surface area contributed by atoms with Gasteiger partial charge in [-0.05, 0) is 0 Å². The van der Waals surface area contributed by atoms with E-state index in [1.54, 1.807) is 0 Å². The van der Waals surface area contributed by atoms with Crippen LogP contribution in [0.15, 0.2) is 6.20 Å². The van der Waals surface area contributed by atoms with Gasteiger partial charge < -0.3 is 4.74 Å². The van der Waals surface area contributed by atoms with Crippen LogP contribution < -0.4 is 4.74 Å². The van der Waals surface area contributed by atoms with Gasteiger partial charge in [0.15, 0.2) is 6.29 Å². The second-order valence-electron chi connectivity index (χ2n) is 2.65. The summed E-state index contributed by atoms with van der Waals surface area (Å²) in [6.45, 7) is 0. The first kappa shape index (κ1) is 11.8. The monoisotopic (exact) mass is 235 g/mol. The molecule has 0 radical (unpaired) electrons. The van der Waals surface area contributed by atoms with Gasteiger partial charge in [0.05, 0.1) is 30.4 Å². The number of nitrogens with zero attached hydrogens (tertiary/aromatic N) is 1. The van der Waals surface area contributed by atoms with Crippen LogP contribution in [-0.4, -0.2) is 18.4 Å². The SMILES string of the molecule is COc1cnc(CCl)c(C=O)c1C(F)F. The van der Waals surface area contributed by atoms with Gasteiger partial charge in [-0.15, -0.1) is 11.6 Å². The number of methoxy groups -OCH3 is 1. The zero-order chi connectivity index (χ0) is 11.4. The lowest BCUT2D eigenvalue weighted by Gasteiger charge is -2.11. The molecule has 15 heavy (non-hydrogen) atoms. The average molecular weight is 236 g/mol. The van der Waals surface area contributed by atoms with Gasteiger partial charge in [0.25, 0.3) is 6.43 Å². The molecule has 0 aliphatic carbocycles. The number of halogens is 3. The third-order valence-corrected chi connectivity index (χ3v) is 2.14. The second-order valence-corrected chi connectivity index (χ2v) is 2.92. The minimum absolute atomic E-state index is 0.0994. The van der Waals surface area contributed by atoms with Crippen LogP contribution >= 0.6 is 11.6 Å². The van der Waals surface area contributed by atoms with Crippen molar-refractivity contribution >= 4 is 17.9 Å². The predicted octanol–water partition coefficient (Wildman–Crippen LogP) is 2.58. The fraction of sp³-hybridized carbons (Fsp3) is 0.333. The third kappa shape index (κ3) is 2.23. The van der Waals surface area contributed by atoms with Gasteiger partial charge in [-0.1, -0.05) is 0 Å². The van der Waals surface area contributed by atoms with Crippen LogP contribution in [0.25, 0.3) is 0 Å². The van der Waals surface area contributed by atoms with Gasteiger partial charge in [0, 0.05) is 5.56 Å². The molecule has 0 aliphatic heterocycles. The van der Waals surface area contributed by atoms with E-state index >= 15 is 0 Å². The number of hydrogen-bond donors (Lipinski definition) is 0. The van der Waals surface area contributed by atoms with Crippen molar-refractivity contribution < 1.29 is 18.3 Å². The van der Waals surface area contributed by atoms with E-state index in [1.165, 1.54) is 7.11 Å². The smallest absolute Gasteiger partial charge is 0.268 e. The number of pyridine rings is 1. The number of rotatable bonds is 4. The van der Waals surface area contributed by atoms with Crippen LogP contribution in [0.5, 0.6) is 5.75 Å². The van der Waals surface area contributed by atoms with Crippen molar-refractivity contribution in [3.63, 3.8) is 0 Å². The minimum atomic E-state index is -2.80. The number of carbonyl (C=O) groups is 1. The summed E-state index contributed by atoms with van der Waals surface area (Å²) in [4.78, 5) is 14.5. The van der Waals surface area contributed by atoms with Gasteiger partial charge in [0.2, 0.25) is 0 Å². The van der Waals surface area contributed by atoms with Crippen molar-refractivity contribution in [2.45, 2.75) is 12.3 Å². The van der Waals surface area contributed by atoms with E-state index < -0.39 is 12.0 Å². The predicted molar refractivity (Wildman–Crippen MR) is 50.7 cm³/mol. The lowest BCUT2D eigenvalue weighted by atomic mass is 10.1. The van der Waals surface area contributed by atoms with Crippen LogP contribution in [0.2, 0.25) is 0 Å². The second kappa shape index (κ2) is 5.02. The molecule has 1 aromatic rings. The van der Waals surface area contributed by atoms with Crippen LogP contribution in [-0.2, 0) is 5.88 Å². The number of aldehydes is 1. The van der Waals surface area contributed by atoms with E-state index in [1.807, 2.05) is 0 Å². The van der Waals surface area contributed by atoms with Crippen LogP contribution in [0.3, 0.4) is 0 Å². The molecule has 0 saturated carbocycles. The number of hydrogen-bond acceptors (Lipinski definition) is 3. The number of ether oxygens (including phenoxy) is 1. The van der Waals surface area contributed by atoms with Crippen molar-refractivity contribution in [1.29, 1.82) is 0 Å². The highest BCUT2D eigenvalue weighted by molar-refractivity contribution is 6.17. The molecule has 6 heteroatoms. The Labute approximate surface area is 90.0 Å². The molecule has 82 valence electrons. The first-order valence-corrected chi connectivity index (χ1v) is 4.54. The summed E-state index contributed by atoms with van der Waals surface area (Å²) in [5, 5.41) is 0. The maximum atomic E-state index is 12.7. The molecular formula is C9H8ClF2NO2. The molecule has 3 nitrogen and oxygen atoms in total. The topological polar surface area (TPSA) is 39.2 Å². The van der Waals surface area contributed by atoms with Gasteiger partial charge in [-0.25, -0.2) is 8.78 Å². The largest absolute Gasteiger partial charge is 0.495 e. The lowest BCUT2D eigenvalue weighted by molar-refractivity contribution is 0.110. The number of aromatic nitrogens is 1. The first-order valence-electron chi connectivity index (χ1n) is 4.00. The molecule has 1 aromatic heterocycles. The van der Waals surface area contributed by atoms with Crippen molar-refractivity contribution in [3.05, 3.63) is 23.0 Å². The third-order valence-electron chi connectivity index (χ3n) is 1.89. The molecule has 0 aliphatic rings. The van der Waals surface area contributed by atoms with E-state index in [9.17, 15) is 13.6 Å². The Hall–Kier alpha value is -1.23. The van der Waals surface area contributed by atoms with Gasteiger partial charge in [-0.2, -0.15) is 0 Å². The molecule has 1 rings (SSSR count). The molecule has 0 fully saturated rings. The summed E-state index contributed by atoms with van der Waals surface area (Å²) in [6, 6.07) is 0. The Balaban J connectivity index is 3.44. The molecule has 0 bridgehead atoms. The highest BCUT2D eigenvalue weighted by Crippen LogP contribution is 2.32. The maximum absolute atomic E-state index is 12.7. The molecule has 0 amide bonds. The number of alkyl halides is 3. The van der Waals surface area contributed by atoms with Gasteiger partial charge in [-0.3, -0.25) is 9.78 Å². The normalized spacial score (nSPS) is 10.5. The Bertz CT molecular complexity index is 371. The Morgan fingerprint density at radius 2 is 2.33 bits per heavy atom. The summed E-state index contributed by atoms with van der Waals surface area (Å²) in [5.74, 6) is -0.210. The highest BCUT2D eigenvalue weighted by Gasteiger charge is 2.22. The lowest BCUT2D eigenvalue weighted by Crippen LogP contribution is -2.04. The molecule has 0 unspecified atom stereocenters. The fourth-order valence-corrected chi connectivity index (χ4v) is 1.40.